The molecule has 0 amide bonds. The molecule has 0 radical (unpaired) electrons. The van der Waals surface area contributed by atoms with Crippen LogP contribution in [0.5, 0.6) is 5.75 Å². The van der Waals surface area contributed by atoms with E-state index < -0.39 is 0 Å². The molecule has 3 rings (SSSR count). The molecule has 1 fully saturated rings. The molecule has 1 atom stereocenters. The van der Waals surface area contributed by atoms with Crippen LogP contribution in [0.15, 0.2) is 36.4 Å². The monoisotopic (exact) mass is 289 g/mol. The van der Waals surface area contributed by atoms with Crippen LogP contribution in [0, 0.1) is 5.92 Å². The number of hydrogen-bond donors (Lipinski definition) is 1. The Morgan fingerprint density at radius 2 is 1.95 bits per heavy atom. The number of hydrogen-bond acceptors (Lipinski definition) is 2. The van der Waals surface area contributed by atoms with Gasteiger partial charge >= 0.3 is 0 Å². The van der Waals surface area contributed by atoms with E-state index in [4.69, 9.17) is 16.3 Å². The Morgan fingerprint density at radius 3 is 2.70 bits per heavy atom. The van der Waals surface area contributed by atoms with Crippen molar-refractivity contribution in [1.29, 1.82) is 0 Å². The molecule has 3 heteroatoms. The maximum absolute atomic E-state index is 6.21. The minimum absolute atomic E-state index is 0.612. The molecule has 0 saturated heterocycles. The number of ether oxygens (including phenoxy) is 1. The van der Waals surface area contributed by atoms with E-state index in [1.54, 1.807) is 0 Å². The Balaban J connectivity index is 1.61. The summed E-state index contributed by atoms with van der Waals surface area (Å²) < 4.78 is 5.90. The van der Waals surface area contributed by atoms with Gasteiger partial charge in [-0.05, 0) is 37.8 Å². The van der Waals surface area contributed by atoms with Gasteiger partial charge in [0.1, 0.15) is 12.4 Å². The zero-order valence-electron chi connectivity index (χ0n) is 11.7. The number of halogens is 1. The van der Waals surface area contributed by atoms with Crippen LogP contribution in [-0.4, -0.2) is 19.2 Å². The Kier molecular flexibility index (Phi) is 4.13. The van der Waals surface area contributed by atoms with Crippen LogP contribution in [0.25, 0.3) is 10.8 Å². The third-order valence-corrected chi connectivity index (χ3v) is 4.32. The second-order valence-electron chi connectivity index (χ2n) is 5.52. The van der Waals surface area contributed by atoms with E-state index in [2.05, 4.69) is 18.3 Å². The van der Waals surface area contributed by atoms with Gasteiger partial charge in [0.2, 0.25) is 0 Å². The molecule has 20 heavy (non-hydrogen) atoms. The summed E-state index contributed by atoms with van der Waals surface area (Å²) in [7, 11) is 0. The van der Waals surface area contributed by atoms with Crippen LogP contribution in [0.2, 0.25) is 5.02 Å². The summed E-state index contributed by atoms with van der Waals surface area (Å²) >= 11 is 6.21. The molecule has 1 unspecified atom stereocenters. The van der Waals surface area contributed by atoms with Crippen molar-refractivity contribution >= 4 is 22.4 Å². The lowest BCUT2D eigenvalue weighted by molar-refractivity contribution is 0.306. The average Bonchev–Trinajstić information content (AvgIpc) is 3.30. The summed E-state index contributed by atoms with van der Waals surface area (Å²) in [6.07, 6.45) is 2.74. The van der Waals surface area contributed by atoms with Gasteiger partial charge in [-0.1, -0.05) is 35.9 Å². The Labute approximate surface area is 125 Å². The minimum Gasteiger partial charge on any atom is -0.492 e. The maximum Gasteiger partial charge on any atom is 0.127 e. The predicted octanol–water partition coefficient (Wildman–Crippen LogP) is 4.26. The number of benzene rings is 2. The molecular formula is C17H20ClNO. The van der Waals surface area contributed by atoms with Gasteiger partial charge in [0.15, 0.2) is 0 Å². The van der Waals surface area contributed by atoms with Crippen LogP contribution in [-0.2, 0) is 0 Å². The third-order valence-electron chi connectivity index (χ3n) is 3.99. The van der Waals surface area contributed by atoms with Crippen molar-refractivity contribution in [1.82, 2.24) is 5.32 Å². The zero-order chi connectivity index (χ0) is 13.9. The third kappa shape index (κ3) is 3.08. The summed E-state index contributed by atoms with van der Waals surface area (Å²) in [6, 6.07) is 12.6. The summed E-state index contributed by atoms with van der Waals surface area (Å²) in [5.41, 5.74) is 0. The Morgan fingerprint density at radius 1 is 1.20 bits per heavy atom. The molecule has 1 aliphatic rings. The molecule has 2 aromatic rings. The van der Waals surface area contributed by atoms with E-state index in [1.165, 1.54) is 12.8 Å². The minimum atomic E-state index is 0.612. The molecule has 0 spiro atoms. The van der Waals surface area contributed by atoms with Crippen LogP contribution in [0.4, 0.5) is 0 Å². The second-order valence-corrected chi connectivity index (χ2v) is 5.93. The summed E-state index contributed by atoms with van der Waals surface area (Å²) in [5, 5.41) is 6.42. The number of fused-ring (bicyclic) bond motifs is 1. The summed E-state index contributed by atoms with van der Waals surface area (Å²) in [6.45, 7) is 3.83. The second kappa shape index (κ2) is 6.02. The quantitative estimate of drug-likeness (QED) is 0.802. The SMILES string of the molecule is CC(NCCOc1ccc(Cl)c2ccccc12)C1CC1. The van der Waals surface area contributed by atoms with Gasteiger partial charge in [-0.25, -0.2) is 0 Å². The van der Waals surface area contributed by atoms with Gasteiger partial charge in [0.05, 0.1) is 0 Å². The van der Waals surface area contributed by atoms with Gasteiger partial charge in [0, 0.05) is 28.4 Å². The zero-order valence-corrected chi connectivity index (χ0v) is 12.5. The largest absolute Gasteiger partial charge is 0.492 e. The molecule has 1 aliphatic carbocycles. The molecule has 2 nitrogen and oxygen atoms in total. The first kappa shape index (κ1) is 13.7. The molecule has 0 aliphatic heterocycles. The molecule has 1 saturated carbocycles. The van der Waals surface area contributed by atoms with Crippen molar-refractivity contribution in [3.63, 3.8) is 0 Å². The van der Waals surface area contributed by atoms with Gasteiger partial charge in [-0.3, -0.25) is 0 Å². The lowest BCUT2D eigenvalue weighted by Gasteiger charge is -2.14. The predicted molar refractivity (Wildman–Crippen MR) is 84.6 cm³/mol. The molecule has 0 bridgehead atoms. The lowest BCUT2D eigenvalue weighted by atomic mass is 10.1. The molecule has 0 heterocycles. The van der Waals surface area contributed by atoms with Crippen LogP contribution < -0.4 is 10.1 Å². The normalized spacial score (nSPS) is 16.3. The van der Waals surface area contributed by atoms with E-state index in [0.29, 0.717) is 12.6 Å². The van der Waals surface area contributed by atoms with Crippen LogP contribution in [0.3, 0.4) is 0 Å². The first-order chi connectivity index (χ1) is 9.75. The molecule has 2 aromatic carbocycles. The Bertz CT molecular complexity index is 595. The standard InChI is InChI=1S/C17H20ClNO/c1-12(13-6-7-13)19-10-11-20-17-9-8-16(18)14-4-2-3-5-15(14)17/h2-5,8-9,12-13,19H,6-7,10-11H2,1H3. The fourth-order valence-corrected chi connectivity index (χ4v) is 2.80. The molecular weight excluding hydrogens is 270 g/mol. The smallest absolute Gasteiger partial charge is 0.127 e. The number of rotatable bonds is 6. The fraction of sp³-hybridized carbons (Fsp3) is 0.412. The van der Waals surface area contributed by atoms with Crippen molar-refractivity contribution in [3.05, 3.63) is 41.4 Å². The Hall–Kier alpha value is -1.25. The number of nitrogens with one attached hydrogen (secondary N) is 1. The van der Waals surface area contributed by atoms with Crippen molar-refractivity contribution in [2.45, 2.75) is 25.8 Å². The molecule has 106 valence electrons. The highest BCUT2D eigenvalue weighted by molar-refractivity contribution is 6.35. The van der Waals surface area contributed by atoms with Gasteiger partial charge in [-0.2, -0.15) is 0 Å². The summed E-state index contributed by atoms with van der Waals surface area (Å²) in [4.78, 5) is 0. The topological polar surface area (TPSA) is 21.3 Å². The van der Waals surface area contributed by atoms with Crippen molar-refractivity contribution < 1.29 is 4.74 Å². The van der Waals surface area contributed by atoms with Crippen molar-refractivity contribution in [2.24, 2.45) is 5.92 Å². The molecule has 0 aromatic heterocycles. The van der Waals surface area contributed by atoms with E-state index in [9.17, 15) is 0 Å². The maximum atomic E-state index is 6.21. The fourth-order valence-electron chi connectivity index (χ4n) is 2.57. The lowest BCUT2D eigenvalue weighted by Crippen LogP contribution is -2.31. The average molecular weight is 290 g/mol. The van der Waals surface area contributed by atoms with Gasteiger partial charge < -0.3 is 10.1 Å². The van der Waals surface area contributed by atoms with E-state index >= 15 is 0 Å². The highest BCUT2D eigenvalue weighted by atomic mass is 35.5. The first-order valence-electron chi connectivity index (χ1n) is 7.29. The van der Waals surface area contributed by atoms with Gasteiger partial charge in [0.25, 0.3) is 0 Å². The van der Waals surface area contributed by atoms with Crippen LogP contribution >= 0.6 is 11.6 Å². The van der Waals surface area contributed by atoms with E-state index in [0.717, 1.165) is 34.0 Å². The van der Waals surface area contributed by atoms with Crippen molar-refractivity contribution in [2.75, 3.05) is 13.2 Å². The van der Waals surface area contributed by atoms with E-state index in [1.807, 2.05) is 30.3 Å². The van der Waals surface area contributed by atoms with Gasteiger partial charge in [-0.15, -0.1) is 0 Å². The highest BCUT2D eigenvalue weighted by Gasteiger charge is 2.27. The summed E-state index contributed by atoms with van der Waals surface area (Å²) in [5.74, 6) is 1.79. The van der Waals surface area contributed by atoms with E-state index in [-0.39, 0.29) is 0 Å². The van der Waals surface area contributed by atoms with Crippen LogP contribution in [0.1, 0.15) is 19.8 Å². The van der Waals surface area contributed by atoms with Crippen molar-refractivity contribution in [3.8, 4) is 5.75 Å². The molecule has 1 N–H and O–H groups in total. The first-order valence-corrected chi connectivity index (χ1v) is 7.67. The highest BCUT2D eigenvalue weighted by Crippen LogP contribution is 2.32.